The fourth-order valence-corrected chi connectivity index (χ4v) is 3.61. The predicted molar refractivity (Wildman–Crippen MR) is 114 cm³/mol. The summed E-state index contributed by atoms with van der Waals surface area (Å²) < 4.78 is 11.7. The number of rotatable bonds is 5. The highest BCUT2D eigenvalue weighted by Gasteiger charge is 2.47. The van der Waals surface area contributed by atoms with Crippen molar-refractivity contribution in [3.05, 3.63) is 70.0 Å². The van der Waals surface area contributed by atoms with Crippen LogP contribution in [0.25, 0.3) is 0 Å². The number of ketones is 2. The lowest BCUT2D eigenvalue weighted by Crippen LogP contribution is -2.48. The van der Waals surface area contributed by atoms with Gasteiger partial charge in [-0.2, -0.15) is 0 Å². The second-order valence-corrected chi connectivity index (χ2v) is 8.38. The van der Waals surface area contributed by atoms with Crippen LogP contribution in [0, 0.1) is 0 Å². The Morgan fingerprint density at radius 2 is 1.80 bits per heavy atom. The average Bonchev–Trinajstić information content (AvgIpc) is 2.72. The molecule has 1 atom stereocenters. The molecule has 158 valence electrons. The minimum atomic E-state index is -0.932. The van der Waals surface area contributed by atoms with E-state index in [0.29, 0.717) is 16.7 Å². The number of hydrogen-bond acceptors (Lipinski definition) is 5. The second kappa shape index (κ2) is 8.42. The minimum Gasteiger partial charge on any atom is -0.479 e. The third kappa shape index (κ3) is 4.16. The largest absolute Gasteiger partial charge is 0.479 e. The summed E-state index contributed by atoms with van der Waals surface area (Å²) in [7, 11) is 0. The summed E-state index contributed by atoms with van der Waals surface area (Å²) in [4.78, 5) is 38.4. The molecule has 0 saturated heterocycles. The van der Waals surface area contributed by atoms with E-state index in [9.17, 15) is 14.4 Å². The zero-order valence-electron chi connectivity index (χ0n) is 18.2. The molecule has 0 aromatic heterocycles. The Morgan fingerprint density at radius 1 is 1.17 bits per heavy atom. The number of esters is 1. The molecule has 0 bridgehead atoms. The number of fused-ring (bicyclic) bond motifs is 1. The molecule has 1 aliphatic heterocycles. The van der Waals surface area contributed by atoms with Gasteiger partial charge in [-0.15, -0.1) is 0 Å². The Hall–Kier alpha value is -2.95. The number of ether oxygens (including phenoxy) is 2. The van der Waals surface area contributed by atoms with Gasteiger partial charge in [0.15, 0.2) is 11.5 Å². The van der Waals surface area contributed by atoms with Crippen molar-refractivity contribution in [2.24, 2.45) is 0 Å². The van der Waals surface area contributed by atoms with Crippen LogP contribution in [0.4, 0.5) is 0 Å². The maximum Gasteiger partial charge on any atom is 0.333 e. The van der Waals surface area contributed by atoms with Crippen LogP contribution in [-0.2, 0) is 14.3 Å². The highest BCUT2D eigenvalue weighted by atomic mass is 16.6. The van der Waals surface area contributed by atoms with Gasteiger partial charge in [-0.1, -0.05) is 42.0 Å². The van der Waals surface area contributed by atoms with Crippen molar-refractivity contribution in [3.63, 3.8) is 0 Å². The van der Waals surface area contributed by atoms with Crippen LogP contribution in [-0.4, -0.2) is 29.2 Å². The molecule has 0 fully saturated rings. The van der Waals surface area contributed by atoms with E-state index in [1.54, 1.807) is 45.0 Å². The van der Waals surface area contributed by atoms with E-state index in [-0.39, 0.29) is 29.3 Å². The Kier molecular flexibility index (Phi) is 6.11. The summed E-state index contributed by atoms with van der Waals surface area (Å²) >= 11 is 0. The van der Waals surface area contributed by atoms with E-state index in [2.05, 4.69) is 13.0 Å². The highest BCUT2D eigenvalue weighted by Crippen LogP contribution is 2.40. The summed E-state index contributed by atoms with van der Waals surface area (Å²) in [5.74, 6) is -0.904. The first-order valence-corrected chi connectivity index (χ1v) is 10.3. The van der Waals surface area contributed by atoms with Crippen LogP contribution < -0.4 is 0 Å². The normalized spacial score (nSPS) is 21.0. The summed E-state index contributed by atoms with van der Waals surface area (Å²) in [6.07, 6.45) is 5.02. The third-order valence-corrected chi connectivity index (χ3v) is 5.75. The maximum atomic E-state index is 13.0. The van der Waals surface area contributed by atoms with Crippen molar-refractivity contribution in [2.75, 3.05) is 0 Å². The number of benzene rings is 1. The van der Waals surface area contributed by atoms with Gasteiger partial charge in [0.25, 0.3) is 0 Å². The van der Waals surface area contributed by atoms with Crippen molar-refractivity contribution in [2.45, 2.75) is 65.6 Å². The molecule has 2 aliphatic rings. The molecule has 0 radical (unpaired) electrons. The first kappa shape index (κ1) is 21.8. The van der Waals surface area contributed by atoms with Gasteiger partial charge in [-0.25, -0.2) is 4.79 Å². The van der Waals surface area contributed by atoms with E-state index in [1.165, 1.54) is 5.57 Å². The molecule has 1 aliphatic carbocycles. The molecule has 30 heavy (non-hydrogen) atoms. The van der Waals surface area contributed by atoms with Crippen LogP contribution in [0.1, 0.15) is 74.6 Å². The third-order valence-electron chi connectivity index (χ3n) is 5.75. The molecule has 1 aromatic rings. The van der Waals surface area contributed by atoms with Crippen molar-refractivity contribution < 1.29 is 23.9 Å². The van der Waals surface area contributed by atoms with Crippen molar-refractivity contribution in [1.29, 1.82) is 0 Å². The van der Waals surface area contributed by atoms with Gasteiger partial charge in [0, 0.05) is 23.1 Å². The molecule has 0 amide bonds. The van der Waals surface area contributed by atoms with Crippen LogP contribution in [0.15, 0.2) is 58.9 Å². The van der Waals surface area contributed by atoms with Gasteiger partial charge >= 0.3 is 5.97 Å². The Morgan fingerprint density at radius 3 is 2.43 bits per heavy atom. The summed E-state index contributed by atoms with van der Waals surface area (Å²) in [6, 6.07) is 6.72. The molecule has 3 rings (SSSR count). The lowest BCUT2D eigenvalue weighted by atomic mass is 9.81. The van der Waals surface area contributed by atoms with Gasteiger partial charge in [0.05, 0.1) is 5.57 Å². The van der Waals surface area contributed by atoms with E-state index in [0.717, 1.165) is 12.8 Å². The van der Waals surface area contributed by atoms with Crippen LogP contribution >= 0.6 is 0 Å². The number of Topliss-reactive ketones (excluding diaryl/α,β-unsaturated/α-hetero) is 2. The van der Waals surface area contributed by atoms with Gasteiger partial charge in [0.2, 0.25) is 5.78 Å². The van der Waals surface area contributed by atoms with Crippen LogP contribution in [0.2, 0.25) is 0 Å². The lowest BCUT2D eigenvalue weighted by Gasteiger charge is -2.40. The Balaban J connectivity index is 1.79. The van der Waals surface area contributed by atoms with E-state index in [4.69, 9.17) is 9.47 Å². The second-order valence-electron chi connectivity index (χ2n) is 8.38. The number of carbonyl (C=O) groups is 3. The number of carbonyl (C=O) groups excluding carboxylic acids is 3. The summed E-state index contributed by atoms with van der Waals surface area (Å²) in [5, 5.41) is 0. The monoisotopic (exact) mass is 408 g/mol. The number of allylic oxidation sites excluding steroid dienone is 4. The van der Waals surface area contributed by atoms with E-state index < -0.39 is 17.7 Å². The van der Waals surface area contributed by atoms with Gasteiger partial charge in [0.1, 0.15) is 11.7 Å². The molecular weight excluding hydrogens is 380 g/mol. The molecule has 5 nitrogen and oxygen atoms in total. The molecule has 1 aromatic carbocycles. The van der Waals surface area contributed by atoms with Crippen LogP contribution in [0.5, 0.6) is 0 Å². The van der Waals surface area contributed by atoms with Crippen LogP contribution in [0.3, 0.4) is 0 Å². The Bertz CT molecular complexity index is 991. The fourth-order valence-electron chi connectivity index (χ4n) is 3.61. The first-order valence-electron chi connectivity index (χ1n) is 10.3. The summed E-state index contributed by atoms with van der Waals surface area (Å²) in [6.45, 7) is 9.29. The zero-order chi connectivity index (χ0) is 22.1. The zero-order valence-corrected chi connectivity index (χ0v) is 18.2. The lowest BCUT2D eigenvalue weighted by molar-refractivity contribution is -0.161. The van der Waals surface area contributed by atoms with Crippen molar-refractivity contribution in [3.8, 4) is 0 Å². The topological polar surface area (TPSA) is 69.7 Å². The quantitative estimate of drug-likeness (QED) is 0.384. The Labute approximate surface area is 177 Å². The summed E-state index contributed by atoms with van der Waals surface area (Å²) in [5.41, 5.74) is 1.84. The predicted octanol–water partition coefficient (Wildman–Crippen LogP) is 5.12. The molecule has 1 heterocycles. The molecular formula is C25H28O5. The van der Waals surface area contributed by atoms with E-state index >= 15 is 0 Å². The standard InChI is InChI=1S/C25H28O5/c1-6-15(2)10-9-11-16(3)24(28)29-20-14-19-21(26)17-12-7-8-13-18(17)22(27)23(19)30-25(20,4)5/h6-8,11-13,20H,9-10,14H2,1-5H3/b15-6+,16-11+/t20-/m0/s1. The van der Waals surface area contributed by atoms with E-state index in [1.807, 2.05) is 13.0 Å². The van der Waals surface area contributed by atoms with Crippen molar-refractivity contribution in [1.82, 2.24) is 0 Å². The minimum absolute atomic E-state index is 0.0742. The number of hydrogen-bond donors (Lipinski definition) is 0. The van der Waals surface area contributed by atoms with Crippen molar-refractivity contribution >= 4 is 17.5 Å². The molecule has 0 unspecified atom stereocenters. The smallest absolute Gasteiger partial charge is 0.333 e. The van der Waals surface area contributed by atoms with Gasteiger partial charge in [-0.05, 0) is 47.5 Å². The fraction of sp³-hybridized carbons (Fsp3) is 0.400. The SMILES string of the molecule is C/C=C(\C)CC/C=C(\C)C(=O)O[C@H]1CC2=C(OC1(C)C)C(=O)c1ccccc1C2=O. The molecule has 5 heteroatoms. The average molecular weight is 408 g/mol. The molecule has 0 N–H and O–H groups in total. The maximum absolute atomic E-state index is 13.0. The van der Waals surface area contributed by atoms with Gasteiger partial charge < -0.3 is 9.47 Å². The first-order chi connectivity index (χ1) is 14.2. The highest BCUT2D eigenvalue weighted by molar-refractivity contribution is 6.26. The molecule has 0 spiro atoms. The van der Waals surface area contributed by atoms with Gasteiger partial charge in [-0.3, -0.25) is 9.59 Å². The molecule has 0 saturated carbocycles.